The summed E-state index contributed by atoms with van der Waals surface area (Å²) in [5, 5.41) is 5.40. The van der Waals surface area contributed by atoms with Crippen LogP contribution in [0, 0.1) is 0 Å². The molecular formula is C55H34N2O2S. The van der Waals surface area contributed by atoms with Crippen molar-refractivity contribution in [2.24, 2.45) is 0 Å². The van der Waals surface area contributed by atoms with Crippen molar-refractivity contribution in [1.29, 1.82) is 0 Å². The Bertz CT molecular complexity index is 3510. The third kappa shape index (κ3) is 5.78. The van der Waals surface area contributed by atoms with Gasteiger partial charge in [-0.05, 0) is 94.5 Å². The fraction of sp³-hybridized carbons (Fsp3) is 0. The highest BCUT2D eigenvalue weighted by atomic mass is 32.1. The van der Waals surface area contributed by atoms with Crippen molar-refractivity contribution in [3.8, 4) is 44.0 Å². The van der Waals surface area contributed by atoms with Crippen LogP contribution in [0.15, 0.2) is 215 Å². The van der Waals surface area contributed by atoms with Gasteiger partial charge in [-0.1, -0.05) is 140 Å². The summed E-state index contributed by atoms with van der Waals surface area (Å²) in [5.74, 6) is 0. The van der Waals surface area contributed by atoms with E-state index >= 15 is 0 Å². The number of benzene rings is 9. The van der Waals surface area contributed by atoms with Crippen LogP contribution in [-0.2, 0) is 0 Å². The normalized spacial score (nSPS) is 11.7. The van der Waals surface area contributed by atoms with Crippen LogP contribution in [0.3, 0.4) is 0 Å². The van der Waals surface area contributed by atoms with E-state index in [1.54, 1.807) is 11.3 Å². The van der Waals surface area contributed by atoms with Crippen molar-refractivity contribution >= 4 is 82.5 Å². The number of anilines is 3. The molecule has 0 spiro atoms. The monoisotopic (exact) mass is 786 g/mol. The molecule has 3 aromatic heterocycles. The number of nitrogens with zero attached hydrogens (tertiary/aromatic N) is 2. The van der Waals surface area contributed by atoms with Gasteiger partial charge in [0.1, 0.15) is 27.3 Å². The van der Waals surface area contributed by atoms with Gasteiger partial charge in [0.2, 0.25) is 0 Å². The van der Waals surface area contributed by atoms with Crippen LogP contribution in [0.2, 0.25) is 0 Å². The quantitative estimate of drug-likeness (QED) is 0.161. The summed E-state index contributed by atoms with van der Waals surface area (Å²) in [6.07, 6.45) is 0. The Morgan fingerprint density at radius 3 is 1.65 bits per heavy atom. The average Bonchev–Trinajstić information content (AvgIpc) is 4.04. The van der Waals surface area contributed by atoms with E-state index in [2.05, 4.69) is 193 Å². The third-order valence-corrected chi connectivity index (χ3v) is 12.6. The second-order valence-corrected chi connectivity index (χ2v) is 16.1. The molecule has 0 saturated heterocycles. The molecule has 0 atom stereocenters. The van der Waals surface area contributed by atoms with Crippen LogP contribution in [0.25, 0.3) is 98.0 Å². The Kier molecular flexibility index (Phi) is 8.00. The molecule has 3 heterocycles. The van der Waals surface area contributed by atoms with Gasteiger partial charge in [-0.2, -0.15) is 0 Å². The van der Waals surface area contributed by atoms with E-state index in [1.807, 2.05) is 18.2 Å². The molecule has 282 valence electrons. The lowest BCUT2D eigenvalue weighted by Crippen LogP contribution is -2.09. The van der Waals surface area contributed by atoms with Crippen molar-refractivity contribution < 1.29 is 8.83 Å². The van der Waals surface area contributed by atoms with Gasteiger partial charge in [0, 0.05) is 44.3 Å². The van der Waals surface area contributed by atoms with E-state index in [0.717, 1.165) is 104 Å². The summed E-state index contributed by atoms with van der Waals surface area (Å²) in [7, 11) is 0. The lowest BCUT2D eigenvalue weighted by Gasteiger charge is -2.26. The summed E-state index contributed by atoms with van der Waals surface area (Å²) in [6.45, 7) is 0. The highest BCUT2D eigenvalue weighted by Crippen LogP contribution is 2.42. The Morgan fingerprint density at radius 1 is 0.383 bits per heavy atom. The molecule has 0 aliphatic heterocycles. The Balaban J connectivity index is 0.926. The van der Waals surface area contributed by atoms with Crippen molar-refractivity contribution in [2.45, 2.75) is 0 Å². The van der Waals surface area contributed by atoms with E-state index in [-0.39, 0.29) is 0 Å². The standard InChI is InChI=1S/C55H34N2O2S/c1-3-10-35(11-4-1)36-18-25-41(26-19-36)57(43-29-22-38(23-30-43)44-15-9-16-46-45-14-7-8-17-48(45)59-54(44)46)42-27-20-37(21-28-42)40-24-31-49-47(34-40)52-50(58-49)32-33-51-53(52)56-55(60-51)39-12-5-2-6-13-39/h1-34H. The predicted octanol–water partition coefficient (Wildman–Crippen LogP) is 16.2. The second kappa shape index (κ2) is 14.0. The van der Waals surface area contributed by atoms with Gasteiger partial charge in [-0.3, -0.25) is 0 Å². The van der Waals surface area contributed by atoms with E-state index in [9.17, 15) is 0 Å². The molecule has 0 saturated carbocycles. The van der Waals surface area contributed by atoms with Gasteiger partial charge in [0.15, 0.2) is 0 Å². The molecule has 0 aliphatic carbocycles. The van der Waals surface area contributed by atoms with E-state index in [1.165, 1.54) is 11.1 Å². The van der Waals surface area contributed by atoms with Crippen molar-refractivity contribution in [3.63, 3.8) is 0 Å². The second-order valence-electron chi connectivity index (χ2n) is 15.1. The molecule has 0 bridgehead atoms. The fourth-order valence-electron chi connectivity index (χ4n) is 8.59. The molecule has 0 N–H and O–H groups in total. The topological polar surface area (TPSA) is 42.4 Å². The highest BCUT2D eigenvalue weighted by molar-refractivity contribution is 7.21. The molecule has 9 aromatic carbocycles. The summed E-state index contributed by atoms with van der Waals surface area (Å²) in [4.78, 5) is 7.46. The zero-order valence-corrected chi connectivity index (χ0v) is 33.1. The summed E-state index contributed by atoms with van der Waals surface area (Å²) >= 11 is 1.72. The Hall–Kier alpha value is -7.73. The first-order valence-electron chi connectivity index (χ1n) is 20.1. The van der Waals surface area contributed by atoms with Crippen molar-refractivity contribution in [1.82, 2.24) is 4.98 Å². The van der Waals surface area contributed by atoms with E-state index < -0.39 is 0 Å². The summed E-state index contributed by atoms with van der Waals surface area (Å²) in [6, 6.07) is 72.7. The lowest BCUT2D eigenvalue weighted by molar-refractivity contribution is 0.669. The van der Waals surface area contributed by atoms with Crippen molar-refractivity contribution in [2.75, 3.05) is 4.90 Å². The smallest absolute Gasteiger partial charge is 0.143 e. The molecule has 0 radical (unpaired) electrons. The summed E-state index contributed by atoms with van der Waals surface area (Å²) in [5.41, 5.74) is 15.6. The molecule has 12 rings (SSSR count). The molecule has 0 fully saturated rings. The number of para-hydroxylation sites is 2. The first-order chi connectivity index (χ1) is 29.7. The maximum atomic E-state index is 6.41. The number of rotatable bonds is 7. The lowest BCUT2D eigenvalue weighted by atomic mass is 10.0. The molecular weight excluding hydrogens is 753 g/mol. The first kappa shape index (κ1) is 34.3. The zero-order valence-electron chi connectivity index (χ0n) is 32.2. The van der Waals surface area contributed by atoms with Crippen LogP contribution >= 0.6 is 11.3 Å². The van der Waals surface area contributed by atoms with Crippen LogP contribution in [0.4, 0.5) is 17.1 Å². The number of furan rings is 2. The van der Waals surface area contributed by atoms with E-state index in [0.29, 0.717) is 0 Å². The molecule has 0 unspecified atom stereocenters. The molecule has 4 nitrogen and oxygen atoms in total. The maximum absolute atomic E-state index is 6.41. The summed E-state index contributed by atoms with van der Waals surface area (Å²) < 4.78 is 13.9. The number of thiazole rings is 1. The highest BCUT2D eigenvalue weighted by Gasteiger charge is 2.18. The van der Waals surface area contributed by atoms with Gasteiger partial charge in [0.25, 0.3) is 0 Å². The molecule has 0 aliphatic rings. The average molecular weight is 787 g/mol. The molecule has 0 amide bonds. The van der Waals surface area contributed by atoms with E-state index in [4.69, 9.17) is 13.8 Å². The minimum absolute atomic E-state index is 0.851. The SMILES string of the molecule is c1ccc(-c2ccc(N(c3ccc(-c4ccc5oc6ccc7sc(-c8ccccc8)nc7c6c5c4)cc3)c3ccc(-c4cccc5c4oc4ccccc45)cc3)cc2)cc1. The Labute approximate surface area is 349 Å². The number of fused-ring (bicyclic) bond motifs is 8. The van der Waals surface area contributed by atoms with Crippen LogP contribution in [0.1, 0.15) is 0 Å². The molecule has 12 aromatic rings. The third-order valence-electron chi connectivity index (χ3n) is 11.5. The minimum atomic E-state index is 0.851. The fourth-order valence-corrected chi connectivity index (χ4v) is 9.57. The maximum Gasteiger partial charge on any atom is 0.143 e. The van der Waals surface area contributed by atoms with Crippen molar-refractivity contribution in [3.05, 3.63) is 206 Å². The number of aromatic nitrogens is 1. The molecule has 60 heavy (non-hydrogen) atoms. The minimum Gasteiger partial charge on any atom is -0.456 e. The number of hydrogen-bond acceptors (Lipinski definition) is 5. The van der Waals surface area contributed by atoms with Crippen LogP contribution in [-0.4, -0.2) is 4.98 Å². The van der Waals surface area contributed by atoms with Crippen LogP contribution in [0.5, 0.6) is 0 Å². The zero-order chi connectivity index (χ0) is 39.6. The largest absolute Gasteiger partial charge is 0.456 e. The predicted molar refractivity (Wildman–Crippen MR) is 251 cm³/mol. The van der Waals surface area contributed by atoms with Gasteiger partial charge < -0.3 is 13.7 Å². The number of hydrogen-bond donors (Lipinski definition) is 0. The molecule has 5 heteroatoms. The Morgan fingerprint density at radius 2 is 0.933 bits per heavy atom. The first-order valence-corrected chi connectivity index (χ1v) is 20.9. The van der Waals surface area contributed by atoms with Gasteiger partial charge >= 0.3 is 0 Å². The van der Waals surface area contributed by atoms with Gasteiger partial charge in [-0.15, -0.1) is 11.3 Å². The van der Waals surface area contributed by atoms with Gasteiger partial charge in [0.05, 0.1) is 15.6 Å². The van der Waals surface area contributed by atoms with Gasteiger partial charge in [-0.25, -0.2) is 4.98 Å². The van der Waals surface area contributed by atoms with Crippen LogP contribution < -0.4 is 4.90 Å².